The number of aliphatic imine (C=N–C) groups is 1. The molecule has 1 aliphatic heterocycles. The number of hydrogen-bond donors (Lipinski definition) is 0. The van der Waals surface area contributed by atoms with Crippen LogP contribution in [0.1, 0.15) is 28.4 Å². The fraction of sp³-hybridized carbons (Fsp3) is 0.148. The van der Waals surface area contributed by atoms with Gasteiger partial charge in [-0.25, -0.2) is 9.79 Å². The Kier molecular flexibility index (Phi) is 8.82. The van der Waals surface area contributed by atoms with Crippen molar-refractivity contribution in [3.63, 3.8) is 0 Å². The van der Waals surface area contributed by atoms with Gasteiger partial charge in [0.1, 0.15) is 12.4 Å². The van der Waals surface area contributed by atoms with E-state index in [1.54, 1.807) is 80.7 Å². The molecule has 4 rings (SSSR count). The van der Waals surface area contributed by atoms with Gasteiger partial charge in [-0.2, -0.15) is 0 Å². The molecule has 0 aliphatic carbocycles. The van der Waals surface area contributed by atoms with E-state index in [0.717, 1.165) is 5.56 Å². The molecule has 0 saturated carbocycles. The highest BCUT2D eigenvalue weighted by molar-refractivity contribution is 8.18. The molecule has 10 heteroatoms. The second kappa shape index (κ2) is 12.0. The fourth-order valence-corrected chi connectivity index (χ4v) is 5.00. The van der Waals surface area contributed by atoms with Crippen molar-refractivity contribution in [2.24, 2.45) is 4.99 Å². The lowest BCUT2D eigenvalue weighted by atomic mass is 10.1. The van der Waals surface area contributed by atoms with E-state index in [1.807, 2.05) is 0 Å². The first-order chi connectivity index (χ1) is 17.7. The number of likely N-dealkylation sites (N-methyl/N-ethyl adjacent to an activating group) is 1. The Morgan fingerprint density at radius 1 is 1.05 bits per heavy atom. The number of rotatable bonds is 7. The maximum absolute atomic E-state index is 13.0. The third-order valence-corrected chi connectivity index (χ3v) is 7.12. The Morgan fingerprint density at radius 2 is 1.81 bits per heavy atom. The molecule has 190 valence electrons. The number of carbonyl (C=O) groups is 2. The topological polar surface area (TPSA) is 68.2 Å². The highest BCUT2D eigenvalue weighted by atomic mass is 35.5. The van der Waals surface area contributed by atoms with Gasteiger partial charge in [0.2, 0.25) is 0 Å². The second-order valence-electron chi connectivity index (χ2n) is 7.85. The van der Waals surface area contributed by atoms with Gasteiger partial charge in [-0.15, -0.1) is 0 Å². The molecule has 1 heterocycles. The van der Waals surface area contributed by atoms with Gasteiger partial charge in [0.05, 0.1) is 22.8 Å². The summed E-state index contributed by atoms with van der Waals surface area (Å²) in [4.78, 5) is 31.5. The van der Waals surface area contributed by atoms with Gasteiger partial charge in [-0.05, 0) is 73.3 Å². The fourth-order valence-electron chi connectivity index (χ4n) is 3.38. The Labute approximate surface area is 233 Å². The zero-order chi connectivity index (χ0) is 26.5. The average Bonchev–Trinajstić information content (AvgIpc) is 3.12. The maximum Gasteiger partial charge on any atom is 0.338 e. The van der Waals surface area contributed by atoms with Crippen LogP contribution in [0.2, 0.25) is 15.1 Å². The number of esters is 1. The summed E-state index contributed by atoms with van der Waals surface area (Å²) in [6, 6.07) is 17.1. The Morgan fingerprint density at radius 3 is 2.57 bits per heavy atom. The van der Waals surface area contributed by atoms with Gasteiger partial charge < -0.3 is 9.47 Å². The van der Waals surface area contributed by atoms with Crippen LogP contribution in [0.25, 0.3) is 6.08 Å². The van der Waals surface area contributed by atoms with Crippen molar-refractivity contribution in [2.45, 2.75) is 13.5 Å². The van der Waals surface area contributed by atoms with Crippen molar-refractivity contribution in [2.75, 3.05) is 13.7 Å². The summed E-state index contributed by atoms with van der Waals surface area (Å²) in [5.41, 5.74) is 2.32. The molecule has 0 atom stereocenters. The molecule has 3 aromatic carbocycles. The minimum absolute atomic E-state index is 0.207. The Bertz CT molecular complexity index is 1420. The SMILES string of the molecule is CCOC(=O)c1cccc(N=C2SC(=Cc3cc(Cl)ccc3OCc3ccc(Cl)cc3Cl)C(=O)N2C)c1. The van der Waals surface area contributed by atoms with Crippen molar-refractivity contribution in [3.8, 4) is 5.75 Å². The lowest BCUT2D eigenvalue weighted by Crippen LogP contribution is -2.23. The summed E-state index contributed by atoms with van der Waals surface area (Å²) < 4.78 is 11.1. The quantitative estimate of drug-likeness (QED) is 0.214. The van der Waals surface area contributed by atoms with Crippen molar-refractivity contribution < 1.29 is 19.1 Å². The summed E-state index contributed by atoms with van der Waals surface area (Å²) in [5, 5.41) is 2.00. The number of carbonyl (C=O) groups excluding carboxylic acids is 2. The minimum atomic E-state index is -0.429. The molecule has 0 spiro atoms. The van der Waals surface area contributed by atoms with E-state index in [-0.39, 0.29) is 19.1 Å². The first-order valence-electron chi connectivity index (χ1n) is 11.1. The number of thioether (sulfide) groups is 1. The van der Waals surface area contributed by atoms with Gasteiger partial charge >= 0.3 is 5.97 Å². The first-order valence-corrected chi connectivity index (χ1v) is 13.1. The van der Waals surface area contributed by atoms with E-state index in [0.29, 0.717) is 47.7 Å². The first kappa shape index (κ1) is 27.1. The van der Waals surface area contributed by atoms with E-state index >= 15 is 0 Å². The van der Waals surface area contributed by atoms with Gasteiger partial charge in [0.15, 0.2) is 5.17 Å². The van der Waals surface area contributed by atoms with E-state index in [4.69, 9.17) is 44.3 Å². The summed E-state index contributed by atoms with van der Waals surface area (Å²) in [6.07, 6.45) is 1.71. The molecule has 0 unspecified atom stereocenters. The largest absolute Gasteiger partial charge is 0.488 e. The predicted molar refractivity (Wildman–Crippen MR) is 150 cm³/mol. The number of amides is 1. The molecule has 6 nitrogen and oxygen atoms in total. The maximum atomic E-state index is 13.0. The molecule has 0 aromatic heterocycles. The van der Waals surface area contributed by atoms with Gasteiger partial charge in [-0.1, -0.05) is 46.9 Å². The Hall–Kier alpha value is -2.97. The molecule has 1 fully saturated rings. The molecular formula is C27H21Cl3N2O4S. The molecule has 0 bridgehead atoms. The summed E-state index contributed by atoms with van der Waals surface area (Å²) in [7, 11) is 1.64. The molecule has 0 N–H and O–H groups in total. The summed E-state index contributed by atoms with van der Waals surface area (Å²) in [6.45, 7) is 2.23. The third-order valence-electron chi connectivity index (χ3n) is 5.24. The summed E-state index contributed by atoms with van der Waals surface area (Å²) in [5.74, 6) is -0.120. The molecule has 37 heavy (non-hydrogen) atoms. The molecular weight excluding hydrogens is 555 g/mol. The third kappa shape index (κ3) is 6.67. The predicted octanol–water partition coefficient (Wildman–Crippen LogP) is 7.64. The van der Waals surface area contributed by atoms with E-state index < -0.39 is 5.97 Å². The normalized spacial score (nSPS) is 15.5. The van der Waals surface area contributed by atoms with Crippen LogP contribution < -0.4 is 4.74 Å². The monoisotopic (exact) mass is 574 g/mol. The van der Waals surface area contributed by atoms with Crippen LogP contribution in [0.15, 0.2) is 70.6 Å². The highest BCUT2D eigenvalue weighted by Gasteiger charge is 2.30. The van der Waals surface area contributed by atoms with Gasteiger partial charge in [0, 0.05) is 33.2 Å². The molecule has 1 amide bonds. The zero-order valence-corrected chi connectivity index (χ0v) is 22.9. The number of hydrogen-bond acceptors (Lipinski definition) is 6. The van der Waals surface area contributed by atoms with Crippen molar-refractivity contribution in [1.29, 1.82) is 0 Å². The van der Waals surface area contributed by atoms with Crippen LogP contribution in [-0.2, 0) is 16.1 Å². The van der Waals surface area contributed by atoms with Gasteiger partial charge in [0.25, 0.3) is 5.91 Å². The average molecular weight is 576 g/mol. The van der Waals surface area contributed by atoms with Gasteiger partial charge in [-0.3, -0.25) is 9.69 Å². The lowest BCUT2D eigenvalue weighted by Gasteiger charge is -2.11. The van der Waals surface area contributed by atoms with E-state index in [9.17, 15) is 9.59 Å². The second-order valence-corrected chi connectivity index (χ2v) is 10.1. The van der Waals surface area contributed by atoms with Crippen LogP contribution in [0.4, 0.5) is 5.69 Å². The number of nitrogens with zero attached hydrogens (tertiary/aromatic N) is 2. The highest BCUT2D eigenvalue weighted by Crippen LogP contribution is 2.36. The minimum Gasteiger partial charge on any atom is -0.488 e. The van der Waals surface area contributed by atoms with Crippen LogP contribution in [0, 0.1) is 0 Å². The molecule has 0 radical (unpaired) electrons. The van der Waals surface area contributed by atoms with Crippen molar-refractivity contribution in [1.82, 2.24) is 4.90 Å². The standard InChI is InChI=1S/C27H21Cl3N2O4S/c1-3-35-26(34)16-5-4-6-21(12-16)31-27-32(2)25(33)24(37-27)13-18-11-19(28)9-10-23(18)36-15-17-7-8-20(29)14-22(17)30/h4-14H,3,15H2,1-2H3. The smallest absolute Gasteiger partial charge is 0.338 e. The lowest BCUT2D eigenvalue weighted by molar-refractivity contribution is -0.121. The number of ether oxygens (including phenoxy) is 2. The van der Waals surface area contributed by atoms with Crippen LogP contribution in [0.5, 0.6) is 5.75 Å². The van der Waals surface area contributed by atoms with E-state index in [2.05, 4.69) is 4.99 Å². The van der Waals surface area contributed by atoms with Crippen molar-refractivity contribution >= 4 is 75.4 Å². The number of amidine groups is 1. The van der Waals surface area contributed by atoms with E-state index in [1.165, 1.54) is 16.7 Å². The molecule has 1 saturated heterocycles. The number of benzene rings is 3. The van der Waals surface area contributed by atoms with Crippen LogP contribution >= 0.6 is 46.6 Å². The number of halogens is 3. The molecule has 1 aliphatic rings. The molecule has 3 aromatic rings. The zero-order valence-electron chi connectivity index (χ0n) is 19.8. The Balaban J connectivity index is 1.58. The summed E-state index contributed by atoms with van der Waals surface area (Å²) >= 11 is 19.7. The van der Waals surface area contributed by atoms with Crippen molar-refractivity contribution in [3.05, 3.63) is 97.3 Å². The van der Waals surface area contributed by atoms with Crippen LogP contribution in [-0.4, -0.2) is 35.6 Å². The van der Waals surface area contributed by atoms with Crippen LogP contribution in [0.3, 0.4) is 0 Å².